The molecule has 28 heavy (non-hydrogen) atoms. The second-order valence-corrected chi connectivity index (χ2v) is 7.65. The van der Waals surface area contributed by atoms with E-state index in [4.69, 9.17) is 16.7 Å². The van der Waals surface area contributed by atoms with Gasteiger partial charge < -0.3 is 20.1 Å². The molecule has 0 aliphatic rings. The number of hydrogen-bond donors (Lipinski definition) is 3. The van der Waals surface area contributed by atoms with Crippen molar-refractivity contribution < 1.29 is 37.5 Å². The molecule has 0 heterocycles. The fraction of sp³-hybridized carbons (Fsp3) is 0.176. The summed E-state index contributed by atoms with van der Waals surface area (Å²) in [5.41, 5.74) is -3.82. The molecule has 2 rings (SSSR count). The van der Waals surface area contributed by atoms with Crippen LogP contribution in [0.2, 0.25) is 5.02 Å². The molecule has 2 unspecified atom stereocenters. The molecule has 0 bridgehead atoms. The summed E-state index contributed by atoms with van der Waals surface area (Å²) in [6.45, 7) is 0.306. The Labute approximate surface area is 165 Å². The maximum absolute atomic E-state index is 12.7. The number of amides is 1. The number of benzene rings is 2. The molecule has 0 aliphatic heterocycles. The molecule has 0 saturated carbocycles. The number of carbonyl (C=O) groups excluding carboxylic acids is 1. The number of hydrogen-bond acceptors (Lipinski definition) is 4. The predicted octanol–water partition coefficient (Wildman–Crippen LogP) is 3.46. The van der Waals surface area contributed by atoms with Gasteiger partial charge in [-0.05, 0) is 43.3 Å². The zero-order valence-electron chi connectivity index (χ0n) is 14.1. The Morgan fingerprint density at radius 2 is 1.64 bits per heavy atom. The van der Waals surface area contributed by atoms with Crippen molar-refractivity contribution >= 4 is 40.3 Å². The summed E-state index contributed by atoms with van der Waals surface area (Å²) >= 11 is 4.20. The summed E-state index contributed by atoms with van der Waals surface area (Å²) in [7, 11) is 0. The van der Waals surface area contributed by atoms with Gasteiger partial charge in [-0.15, -0.1) is 0 Å². The summed E-state index contributed by atoms with van der Waals surface area (Å²) in [5, 5.41) is 19.9. The van der Waals surface area contributed by atoms with Gasteiger partial charge in [-0.25, -0.2) is 4.79 Å². The molecule has 3 N–H and O–H groups in total. The van der Waals surface area contributed by atoms with Gasteiger partial charge in [0.15, 0.2) is 9.79 Å². The number of carboxylic acids is 1. The number of anilines is 1. The number of alkyl halides is 3. The van der Waals surface area contributed by atoms with E-state index in [1.165, 1.54) is 36.4 Å². The van der Waals surface area contributed by atoms with E-state index in [1.807, 2.05) is 5.32 Å². The molecule has 1 amide bonds. The molecule has 0 spiro atoms. The van der Waals surface area contributed by atoms with Gasteiger partial charge in [0, 0.05) is 17.2 Å². The first-order chi connectivity index (χ1) is 12.8. The predicted molar refractivity (Wildman–Crippen MR) is 94.8 cm³/mol. The number of carbonyl (C=O) groups is 2. The van der Waals surface area contributed by atoms with Crippen molar-refractivity contribution in [3.8, 4) is 0 Å². The van der Waals surface area contributed by atoms with Crippen molar-refractivity contribution in [3.05, 3.63) is 53.1 Å². The van der Waals surface area contributed by atoms with Crippen LogP contribution in [-0.4, -0.2) is 38.4 Å². The number of nitrogens with one attached hydrogen (secondary N) is 1. The highest BCUT2D eigenvalue weighted by Gasteiger charge is 2.55. The van der Waals surface area contributed by atoms with E-state index in [0.29, 0.717) is 6.92 Å². The zero-order valence-corrected chi connectivity index (χ0v) is 15.7. The van der Waals surface area contributed by atoms with Crippen LogP contribution in [0.1, 0.15) is 17.3 Å². The Bertz CT molecular complexity index is 903. The largest absolute Gasteiger partial charge is 0.606 e. The Hall–Kier alpha value is -2.27. The van der Waals surface area contributed by atoms with Gasteiger partial charge in [0.2, 0.25) is 5.60 Å². The van der Waals surface area contributed by atoms with Crippen molar-refractivity contribution in [2.24, 2.45) is 0 Å². The average molecular weight is 436 g/mol. The maximum Gasteiger partial charge on any atom is 0.426 e. The van der Waals surface area contributed by atoms with E-state index in [0.717, 1.165) is 6.07 Å². The molecule has 2 aromatic carbocycles. The lowest BCUT2D eigenvalue weighted by molar-refractivity contribution is -0.242. The number of aromatic carboxylic acids is 1. The van der Waals surface area contributed by atoms with E-state index in [9.17, 15) is 32.4 Å². The van der Waals surface area contributed by atoms with Crippen molar-refractivity contribution in [2.75, 3.05) is 5.32 Å². The fourth-order valence-electron chi connectivity index (χ4n) is 1.94. The normalized spacial score (nSPS) is 14.8. The van der Waals surface area contributed by atoms with Crippen LogP contribution in [0.3, 0.4) is 0 Å². The summed E-state index contributed by atoms with van der Waals surface area (Å²) in [5.74, 6) is -2.87. The van der Waals surface area contributed by atoms with Crippen molar-refractivity contribution in [2.45, 2.75) is 28.5 Å². The van der Waals surface area contributed by atoms with Gasteiger partial charge in [-0.2, -0.15) is 13.2 Å². The Morgan fingerprint density at radius 1 is 1.11 bits per heavy atom. The number of halogens is 4. The Kier molecular flexibility index (Phi) is 6.29. The molecule has 0 fully saturated rings. The summed E-state index contributed by atoms with van der Waals surface area (Å²) in [4.78, 5) is 23.0. The highest BCUT2D eigenvalue weighted by atomic mass is 35.5. The minimum absolute atomic E-state index is 0.00793. The van der Waals surface area contributed by atoms with Gasteiger partial charge in [0.25, 0.3) is 5.91 Å². The van der Waals surface area contributed by atoms with Crippen LogP contribution in [-0.2, 0) is 16.0 Å². The number of aliphatic hydroxyl groups is 1. The standard InChI is InChI=1S/C17H13ClF3NO5S/c1-16(26,17(19,20)21)15(25)22-13-7-6-11(8-12(13)18)28(27)10-4-2-9(3-5-10)14(23)24/h2-8,26H,1H3,(H,22,25)(H,23,24). The highest BCUT2D eigenvalue weighted by Crippen LogP contribution is 2.33. The van der Waals surface area contributed by atoms with Gasteiger partial charge >= 0.3 is 12.1 Å². The Morgan fingerprint density at radius 3 is 2.11 bits per heavy atom. The number of carboxylic acid groups (broad SMARTS) is 1. The minimum Gasteiger partial charge on any atom is -0.606 e. The van der Waals surface area contributed by atoms with E-state index in [2.05, 4.69) is 0 Å². The molecule has 6 nitrogen and oxygen atoms in total. The molecule has 150 valence electrons. The van der Waals surface area contributed by atoms with Crippen molar-refractivity contribution in [3.63, 3.8) is 0 Å². The van der Waals surface area contributed by atoms with Crippen molar-refractivity contribution in [1.82, 2.24) is 0 Å². The van der Waals surface area contributed by atoms with Crippen LogP contribution in [0, 0.1) is 0 Å². The third-order valence-corrected chi connectivity index (χ3v) is 5.41. The van der Waals surface area contributed by atoms with Crippen LogP contribution in [0.15, 0.2) is 52.3 Å². The lowest BCUT2D eigenvalue weighted by atomic mass is 10.1. The second kappa shape index (κ2) is 8.00. The van der Waals surface area contributed by atoms with Crippen LogP contribution in [0.4, 0.5) is 18.9 Å². The summed E-state index contributed by atoms with van der Waals surface area (Å²) in [6.07, 6.45) is -5.19. The van der Waals surface area contributed by atoms with E-state index in [-0.39, 0.29) is 26.1 Å². The summed E-state index contributed by atoms with van der Waals surface area (Å²) in [6, 6.07) is 8.83. The van der Waals surface area contributed by atoms with Crippen molar-refractivity contribution in [1.29, 1.82) is 0 Å². The SMILES string of the molecule is CC(O)(C(=O)Nc1ccc([S+]([O-])c2ccc(C(=O)O)cc2)cc1Cl)C(F)(F)F. The van der Waals surface area contributed by atoms with E-state index < -0.39 is 34.8 Å². The smallest absolute Gasteiger partial charge is 0.426 e. The molecule has 2 atom stereocenters. The lowest BCUT2D eigenvalue weighted by Gasteiger charge is -2.25. The highest BCUT2D eigenvalue weighted by molar-refractivity contribution is 7.91. The average Bonchev–Trinajstić information content (AvgIpc) is 2.61. The molecule has 0 aliphatic carbocycles. The van der Waals surface area contributed by atoms with Crippen LogP contribution in [0.5, 0.6) is 0 Å². The molecule has 11 heteroatoms. The molecule has 2 aromatic rings. The quantitative estimate of drug-likeness (QED) is 0.623. The van der Waals surface area contributed by atoms with Crippen LogP contribution < -0.4 is 5.32 Å². The van der Waals surface area contributed by atoms with Gasteiger partial charge in [0.1, 0.15) is 0 Å². The van der Waals surface area contributed by atoms with E-state index >= 15 is 0 Å². The maximum atomic E-state index is 12.7. The van der Waals surface area contributed by atoms with Gasteiger partial charge in [0.05, 0.1) is 16.3 Å². The van der Waals surface area contributed by atoms with Gasteiger partial charge in [-0.1, -0.05) is 11.6 Å². The molecular formula is C17H13ClF3NO5S. The molecule has 0 saturated heterocycles. The third kappa shape index (κ3) is 4.58. The molecular weight excluding hydrogens is 423 g/mol. The topological polar surface area (TPSA) is 110 Å². The monoisotopic (exact) mass is 435 g/mol. The fourth-order valence-corrected chi connectivity index (χ4v) is 3.31. The van der Waals surface area contributed by atoms with Gasteiger partial charge in [-0.3, -0.25) is 4.79 Å². The van der Waals surface area contributed by atoms with Crippen LogP contribution in [0.25, 0.3) is 0 Å². The first-order valence-electron chi connectivity index (χ1n) is 7.50. The first-order valence-corrected chi connectivity index (χ1v) is 9.02. The Balaban J connectivity index is 2.22. The zero-order chi connectivity index (χ0) is 21.3. The summed E-state index contributed by atoms with van der Waals surface area (Å²) < 4.78 is 50.6. The third-order valence-electron chi connectivity index (χ3n) is 3.71. The number of rotatable bonds is 5. The molecule has 0 radical (unpaired) electrons. The first kappa shape index (κ1) is 22.0. The molecule has 0 aromatic heterocycles. The van der Waals surface area contributed by atoms with E-state index in [1.54, 1.807) is 0 Å². The lowest BCUT2D eigenvalue weighted by Crippen LogP contribution is -2.52. The minimum atomic E-state index is -5.19. The van der Waals surface area contributed by atoms with Crippen LogP contribution >= 0.6 is 11.6 Å². The second-order valence-electron chi connectivity index (χ2n) is 5.76.